The van der Waals surface area contributed by atoms with E-state index in [2.05, 4.69) is 31.9 Å². The van der Waals surface area contributed by atoms with Gasteiger partial charge in [0.15, 0.2) is 9.84 Å². The summed E-state index contributed by atoms with van der Waals surface area (Å²) < 4.78 is 24.0. The van der Waals surface area contributed by atoms with Crippen LogP contribution in [0, 0.1) is 0 Å². The number of alkyl halides is 1. The molecule has 13 heavy (non-hydrogen) atoms. The van der Waals surface area contributed by atoms with E-state index in [0.717, 1.165) is 4.47 Å². The van der Waals surface area contributed by atoms with Gasteiger partial charge in [0.05, 0.1) is 4.90 Å². The second-order valence-corrected chi connectivity index (χ2v) is 6.61. The molecule has 6 heteroatoms. The van der Waals surface area contributed by atoms with Gasteiger partial charge in [-0.15, -0.1) is 11.6 Å². The van der Waals surface area contributed by atoms with Crippen molar-refractivity contribution in [2.45, 2.75) is 4.90 Å². The normalized spacial score (nSPS) is 11.6. The first-order valence-corrected chi connectivity index (χ1v) is 6.98. The summed E-state index contributed by atoms with van der Waals surface area (Å²) in [6, 6.07) is 4.83. The van der Waals surface area contributed by atoms with Crippen molar-refractivity contribution in [2.75, 3.05) is 5.21 Å². The molecular weight excluding hydrogens is 343 g/mol. The third-order valence-electron chi connectivity index (χ3n) is 1.37. The summed E-state index contributed by atoms with van der Waals surface area (Å²) >= 11 is 11.7. The standard InChI is InChI=1S/C7H5Br2ClO2S/c8-5-1-2-7(6(9)3-5)13(11,12)4-10/h1-3H,4H2. The number of hydrogen-bond donors (Lipinski definition) is 0. The highest BCUT2D eigenvalue weighted by Gasteiger charge is 2.15. The van der Waals surface area contributed by atoms with Crippen LogP contribution in [0.1, 0.15) is 0 Å². The highest BCUT2D eigenvalue weighted by molar-refractivity contribution is 9.11. The molecule has 0 amide bonds. The summed E-state index contributed by atoms with van der Waals surface area (Å²) in [5, 5.41) is -0.409. The van der Waals surface area contributed by atoms with Crippen molar-refractivity contribution in [1.82, 2.24) is 0 Å². The van der Waals surface area contributed by atoms with Gasteiger partial charge < -0.3 is 0 Å². The largest absolute Gasteiger partial charge is 0.222 e. The Balaban J connectivity index is 3.33. The maximum absolute atomic E-state index is 11.4. The fraction of sp³-hybridized carbons (Fsp3) is 0.143. The lowest BCUT2D eigenvalue weighted by Gasteiger charge is -2.03. The Bertz CT molecular complexity index is 417. The quantitative estimate of drug-likeness (QED) is 0.769. The van der Waals surface area contributed by atoms with E-state index in [4.69, 9.17) is 11.6 Å². The van der Waals surface area contributed by atoms with Crippen LogP contribution in [0.5, 0.6) is 0 Å². The number of sulfone groups is 1. The molecule has 72 valence electrons. The number of halogens is 3. The number of hydrogen-bond acceptors (Lipinski definition) is 2. The van der Waals surface area contributed by atoms with E-state index in [1.807, 2.05) is 0 Å². The Hall–Kier alpha value is 0.420. The van der Waals surface area contributed by atoms with Gasteiger partial charge in [0.25, 0.3) is 0 Å². The van der Waals surface area contributed by atoms with Crippen LogP contribution >= 0.6 is 43.5 Å². The molecule has 1 rings (SSSR count). The third kappa shape index (κ3) is 2.68. The van der Waals surface area contributed by atoms with E-state index in [-0.39, 0.29) is 4.90 Å². The van der Waals surface area contributed by atoms with Crippen LogP contribution in [-0.2, 0) is 9.84 Å². The molecule has 0 fully saturated rings. The molecule has 0 radical (unpaired) electrons. The van der Waals surface area contributed by atoms with Crippen molar-refractivity contribution in [1.29, 1.82) is 0 Å². The Labute approximate surface area is 98.5 Å². The molecule has 0 atom stereocenters. The second-order valence-electron chi connectivity index (χ2n) is 2.30. The van der Waals surface area contributed by atoms with E-state index in [9.17, 15) is 8.42 Å². The molecule has 1 aromatic rings. The molecule has 2 nitrogen and oxygen atoms in total. The summed E-state index contributed by atoms with van der Waals surface area (Å²) in [6.45, 7) is 0. The van der Waals surface area contributed by atoms with Crippen molar-refractivity contribution in [3.8, 4) is 0 Å². The van der Waals surface area contributed by atoms with Crippen LogP contribution in [0.15, 0.2) is 32.0 Å². The molecule has 0 bridgehead atoms. The van der Waals surface area contributed by atoms with Gasteiger partial charge in [-0.05, 0) is 34.1 Å². The van der Waals surface area contributed by atoms with Crippen LogP contribution in [0.25, 0.3) is 0 Å². The lowest BCUT2D eigenvalue weighted by Crippen LogP contribution is -2.02. The van der Waals surface area contributed by atoms with Gasteiger partial charge in [-0.1, -0.05) is 15.9 Å². The third-order valence-corrected chi connectivity index (χ3v) is 4.96. The monoisotopic (exact) mass is 346 g/mol. The smallest absolute Gasteiger partial charge is 0.193 e. The molecule has 0 aliphatic carbocycles. The molecule has 0 aromatic heterocycles. The summed E-state index contributed by atoms with van der Waals surface area (Å²) in [6.07, 6.45) is 0. The maximum atomic E-state index is 11.4. The lowest BCUT2D eigenvalue weighted by atomic mass is 10.4. The summed E-state index contributed by atoms with van der Waals surface area (Å²) in [7, 11) is -3.35. The Morgan fingerprint density at radius 2 is 1.92 bits per heavy atom. The Kier molecular flexibility index (Phi) is 3.80. The van der Waals surface area contributed by atoms with Crippen LogP contribution in [0.2, 0.25) is 0 Å². The SMILES string of the molecule is O=S(=O)(CCl)c1ccc(Br)cc1Br. The topological polar surface area (TPSA) is 34.1 Å². The van der Waals surface area contributed by atoms with Gasteiger partial charge in [-0.2, -0.15) is 0 Å². The van der Waals surface area contributed by atoms with Crippen LogP contribution in [-0.4, -0.2) is 13.6 Å². The van der Waals surface area contributed by atoms with Crippen molar-refractivity contribution in [3.05, 3.63) is 27.1 Å². The highest BCUT2D eigenvalue weighted by atomic mass is 79.9. The van der Waals surface area contributed by atoms with E-state index in [1.165, 1.54) is 6.07 Å². The van der Waals surface area contributed by atoms with Gasteiger partial charge in [-0.25, -0.2) is 8.42 Å². The van der Waals surface area contributed by atoms with Crippen LogP contribution in [0.4, 0.5) is 0 Å². The maximum Gasteiger partial charge on any atom is 0.193 e. The molecule has 0 unspecified atom stereocenters. The zero-order valence-electron chi connectivity index (χ0n) is 6.30. The van der Waals surface area contributed by atoms with Gasteiger partial charge in [0, 0.05) is 8.95 Å². The van der Waals surface area contributed by atoms with E-state index in [1.54, 1.807) is 12.1 Å². The lowest BCUT2D eigenvalue weighted by molar-refractivity contribution is 0.600. The summed E-state index contributed by atoms with van der Waals surface area (Å²) in [4.78, 5) is 0.214. The number of rotatable bonds is 2. The van der Waals surface area contributed by atoms with E-state index < -0.39 is 15.0 Å². The fourth-order valence-corrected chi connectivity index (χ4v) is 3.67. The molecule has 0 aliphatic rings. The molecule has 0 aliphatic heterocycles. The van der Waals surface area contributed by atoms with Gasteiger partial charge in [0.2, 0.25) is 0 Å². The predicted octanol–water partition coefficient (Wildman–Crippen LogP) is 3.18. The summed E-state index contributed by atoms with van der Waals surface area (Å²) in [5.41, 5.74) is 0. The van der Waals surface area contributed by atoms with Crippen molar-refractivity contribution in [2.24, 2.45) is 0 Å². The summed E-state index contributed by atoms with van der Waals surface area (Å²) in [5.74, 6) is 0. The zero-order valence-corrected chi connectivity index (χ0v) is 11.0. The van der Waals surface area contributed by atoms with Crippen molar-refractivity contribution >= 4 is 53.3 Å². The average Bonchev–Trinajstić information content (AvgIpc) is 2.03. The Morgan fingerprint density at radius 1 is 1.31 bits per heavy atom. The molecule has 0 saturated heterocycles. The van der Waals surface area contributed by atoms with Gasteiger partial charge in [0.1, 0.15) is 5.21 Å². The van der Waals surface area contributed by atoms with E-state index in [0.29, 0.717) is 4.47 Å². The minimum absolute atomic E-state index is 0.214. The molecule has 0 heterocycles. The molecular formula is C7H5Br2ClO2S. The van der Waals surface area contributed by atoms with Crippen molar-refractivity contribution in [3.63, 3.8) is 0 Å². The first-order valence-electron chi connectivity index (χ1n) is 3.21. The Morgan fingerprint density at radius 3 is 2.38 bits per heavy atom. The van der Waals surface area contributed by atoms with Gasteiger partial charge >= 0.3 is 0 Å². The number of benzene rings is 1. The minimum Gasteiger partial charge on any atom is -0.222 e. The zero-order chi connectivity index (χ0) is 10.1. The minimum atomic E-state index is -3.35. The highest BCUT2D eigenvalue weighted by Crippen LogP contribution is 2.26. The molecule has 0 spiro atoms. The fourth-order valence-electron chi connectivity index (χ4n) is 0.786. The molecule has 1 aromatic carbocycles. The van der Waals surface area contributed by atoms with Crippen molar-refractivity contribution < 1.29 is 8.42 Å². The first-order chi connectivity index (χ1) is 5.97. The van der Waals surface area contributed by atoms with E-state index >= 15 is 0 Å². The van der Waals surface area contributed by atoms with Crippen LogP contribution in [0.3, 0.4) is 0 Å². The second kappa shape index (κ2) is 4.29. The average molecular weight is 348 g/mol. The molecule has 0 saturated carbocycles. The first kappa shape index (κ1) is 11.5. The van der Waals surface area contributed by atoms with Crippen LogP contribution < -0.4 is 0 Å². The molecule has 0 N–H and O–H groups in total. The predicted molar refractivity (Wildman–Crippen MR) is 59.7 cm³/mol. The van der Waals surface area contributed by atoms with Gasteiger partial charge in [-0.3, -0.25) is 0 Å².